The first-order valence-electron chi connectivity index (χ1n) is 6.72. The van der Waals surface area contributed by atoms with E-state index in [1.165, 1.54) is 16.8 Å². The van der Waals surface area contributed by atoms with Crippen LogP contribution in [0.2, 0.25) is 0 Å². The van der Waals surface area contributed by atoms with Crippen molar-refractivity contribution in [3.63, 3.8) is 0 Å². The zero-order valence-corrected chi connectivity index (χ0v) is 11.7. The van der Waals surface area contributed by atoms with Crippen molar-refractivity contribution in [3.8, 4) is 0 Å². The third-order valence-corrected chi connectivity index (χ3v) is 3.83. The van der Waals surface area contributed by atoms with Gasteiger partial charge in [0, 0.05) is 19.3 Å². The van der Waals surface area contributed by atoms with Crippen molar-refractivity contribution in [2.45, 2.75) is 32.3 Å². The SMILES string of the molecule is Cc1ccc(N(C)CC2(O)CCNCC2)c(C)c1. The molecule has 1 fully saturated rings. The number of hydrogen-bond acceptors (Lipinski definition) is 3. The average Bonchev–Trinajstić information content (AvgIpc) is 2.28. The molecule has 0 amide bonds. The van der Waals surface area contributed by atoms with Gasteiger partial charge in [-0.15, -0.1) is 0 Å². The molecule has 0 bridgehead atoms. The number of piperidine rings is 1. The number of rotatable bonds is 3. The summed E-state index contributed by atoms with van der Waals surface area (Å²) in [5, 5.41) is 13.9. The normalized spacial score (nSPS) is 18.7. The van der Waals surface area contributed by atoms with Gasteiger partial charge in [0.15, 0.2) is 0 Å². The fraction of sp³-hybridized carbons (Fsp3) is 0.600. The van der Waals surface area contributed by atoms with Crippen molar-refractivity contribution >= 4 is 5.69 Å². The molecule has 0 unspecified atom stereocenters. The molecule has 0 spiro atoms. The zero-order valence-electron chi connectivity index (χ0n) is 11.7. The number of hydrogen-bond donors (Lipinski definition) is 2. The topological polar surface area (TPSA) is 35.5 Å². The van der Waals surface area contributed by atoms with Gasteiger partial charge in [0.25, 0.3) is 0 Å². The fourth-order valence-corrected chi connectivity index (χ4v) is 2.81. The molecule has 18 heavy (non-hydrogen) atoms. The van der Waals surface area contributed by atoms with E-state index < -0.39 is 5.60 Å². The van der Waals surface area contributed by atoms with Crippen LogP contribution in [0.1, 0.15) is 24.0 Å². The molecule has 1 saturated heterocycles. The smallest absolute Gasteiger partial charge is 0.0845 e. The molecule has 2 rings (SSSR count). The third kappa shape index (κ3) is 3.03. The average molecular weight is 248 g/mol. The Bertz CT molecular complexity index is 411. The van der Waals surface area contributed by atoms with E-state index >= 15 is 0 Å². The molecule has 0 radical (unpaired) electrons. The minimum Gasteiger partial charge on any atom is -0.388 e. The van der Waals surface area contributed by atoms with E-state index in [2.05, 4.69) is 49.3 Å². The van der Waals surface area contributed by atoms with E-state index in [0.717, 1.165) is 25.9 Å². The number of likely N-dealkylation sites (N-methyl/N-ethyl adjacent to an activating group) is 1. The maximum atomic E-state index is 10.6. The predicted octanol–water partition coefficient (Wildman–Crippen LogP) is 1.85. The second-order valence-electron chi connectivity index (χ2n) is 5.62. The van der Waals surface area contributed by atoms with Crippen LogP contribution in [-0.4, -0.2) is 37.4 Å². The van der Waals surface area contributed by atoms with Gasteiger partial charge < -0.3 is 15.3 Å². The van der Waals surface area contributed by atoms with Crippen LogP contribution in [0.3, 0.4) is 0 Å². The van der Waals surface area contributed by atoms with Gasteiger partial charge in [-0.3, -0.25) is 0 Å². The second kappa shape index (κ2) is 5.29. The molecule has 1 aliphatic heterocycles. The Morgan fingerprint density at radius 3 is 2.56 bits per heavy atom. The summed E-state index contributed by atoms with van der Waals surface area (Å²) in [4.78, 5) is 2.18. The summed E-state index contributed by atoms with van der Waals surface area (Å²) in [5.41, 5.74) is 3.23. The number of nitrogens with zero attached hydrogens (tertiary/aromatic N) is 1. The minimum absolute atomic E-state index is 0.544. The molecule has 3 nitrogen and oxygen atoms in total. The Hall–Kier alpha value is -1.06. The number of anilines is 1. The van der Waals surface area contributed by atoms with E-state index in [9.17, 15) is 5.11 Å². The summed E-state index contributed by atoms with van der Waals surface area (Å²) in [6, 6.07) is 6.47. The van der Waals surface area contributed by atoms with Crippen molar-refractivity contribution in [3.05, 3.63) is 29.3 Å². The van der Waals surface area contributed by atoms with E-state index in [4.69, 9.17) is 0 Å². The predicted molar refractivity (Wildman–Crippen MR) is 76.2 cm³/mol. The van der Waals surface area contributed by atoms with E-state index in [1.54, 1.807) is 0 Å². The highest BCUT2D eigenvalue weighted by molar-refractivity contribution is 5.54. The molecule has 0 atom stereocenters. The Labute approximate surface area is 110 Å². The summed E-state index contributed by atoms with van der Waals surface area (Å²) in [6.45, 7) is 6.77. The molecule has 0 aliphatic carbocycles. The molecule has 1 aliphatic rings. The monoisotopic (exact) mass is 248 g/mol. The van der Waals surface area contributed by atoms with Gasteiger partial charge in [-0.05, 0) is 51.4 Å². The molecule has 0 saturated carbocycles. The second-order valence-corrected chi connectivity index (χ2v) is 5.62. The molecule has 1 heterocycles. The summed E-state index contributed by atoms with van der Waals surface area (Å²) in [7, 11) is 2.07. The first kappa shape index (κ1) is 13.4. The molecule has 0 aromatic heterocycles. The summed E-state index contributed by atoms with van der Waals surface area (Å²) < 4.78 is 0. The summed E-state index contributed by atoms with van der Waals surface area (Å²) >= 11 is 0. The Balaban J connectivity index is 2.08. The highest BCUT2D eigenvalue weighted by atomic mass is 16.3. The van der Waals surface area contributed by atoms with Gasteiger partial charge >= 0.3 is 0 Å². The van der Waals surface area contributed by atoms with Crippen molar-refractivity contribution in [1.29, 1.82) is 0 Å². The quantitative estimate of drug-likeness (QED) is 0.857. The van der Waals surface area contributed by atoms with Crippen LogP contribution in [0.5, 0.6) is 0 Å². The fourth-order valence-electron chi connectivity index (χ4n) is 2.81. The summed E-state index contributed by atoms with van der Waals surface area (Å²) in [6.07, 6.45) is 1.67. The maximum absolute atomic E-state index is 10.6. The van der Waals surface area contributed by atoms with Crippen LogP contribution in [0.4, 0.5) is 5.69 Å². The molecule has 2 N–H and O–H groups in total. The number of benzene rings is 1. The molecular weight excluding hydrogens is 224 g/mol. The highest BCUT2D eigenvalue weighted by Gasteiger charge is 2.30. The number of nitrogens with one attached hydrogen (secondary N) is 1. The molecule has 1 aromatic carbocycles. The minimum atomic E-state index is -0.544. The van der Waals surface area contributed by atoms with Crippen LogP contribution >= 0.6 is 0 Å². The van der Waals surface area contributed by atoms with E-state index in [0.29, 0.717) is 6.54 Å². The van der Waals surface area contributed by atoms with Crippen molar-refractivity contribution in [2.75, 3.05) is 31.6 Å². The Morgan fingerprint density at radius 1 is 1.28 bits per heavy atom. The van der Waals surface area contributed by atoms with Crippen molar-refractivity contribution in [2.24, 2.45) is 0 Å². The van der Waals surface area contributed by atoms with Gasteiger partial charge in [0.1, 0.15) is 0 Å². The van der Waals surface area contributed by atoms with Gasteiger partial charge in [-0.25, -0.2) is 0 Å². The first-order valence-corrected chi connectivity index (χ1v) is 6.72. The Morgan fingerprint density at radius 2 is 1.94 bits per heavy atom. The molecule has 1 aromatic rings. The standard InChI is InChI=1S/C15H24N2O/c1-12-4-5-14(13(2)10-12)17(3)11-15(18)6-8-16-9-7-15/h4-5,10,16,18H,6-9,11H2,1-3H3. The van der Waals surface area contributed by atoms with E-state index in [-0.39, 0.29) is 0 Å². The largest absolute Gasteiger partial charge is 0.388 e. The molecule has 100 valence electrons. The van der Waals surface area contributed by atoms with Crippen LogP contribution < -0.4 is 10.2 Å². The summed E-state index contributed by atoms with van der Waals surface area (Å²) in [5.74, 6) is 0. The van der Waals surface area contributed by atoms with Gasteiger partial charge in [0.2, 0.25) is 0 Å². The van der Waals surface area contributed by atoms with Crippen LogP contribution in [0, 0.1) is 13.8 Å². The highest BCUT2D eigenvalue weighted by Crippen LogP contribution is 2.25. The third-order valence-electron chi connectivity index (χ3n) is 3.83. The number of aryl methyl sites for hydroxylation is 2. The van der Waals surface area contributed by atoms with Crippen molar-refractivity contribution in [1.82, 2.24) is 5.32 Å². The lowest BCUT2D eigenvalue weighted by Gasteiger charge is -2.37. The maximum Gasteiger partial charge on any atom is 0.0845 e. The number of aliphatic hydroxyl groups is 1. The molecular formula is C15H24N2O. The Kier molecular flexibility index (Phi) is 3.93. The lowest BCUT2D eigenvalue weighted by molar-refractivity contribution is 0.0183. The van der Waals surface area contributed by atoms with Crippen molar-refractivity contribution < 1.29 is 5.11 Å². The van der Waals surface area contributed by atoms with Gasteiger partial charge in [0.05, 0.1) is 5.60 Å². The van der Waals surface area contributed by atoms with Crippen LogP contribution in [-0.2, 0) is 0 Å². The lowest BCUT2D eigenvalue weighted by atomic mass is 9.91. The zero-order chi connectivity index (χ0) is 13.2. The van der Waals surface area contributed by atoms with Crippen LogP contribution in [0.25, 0.3) is 0 Å². The van der Waals surface area contributed by atoms with Gasteiger partial charge in [-0.2, -0.15) is 0 Å². The van der Waals surface area contributed by atoms with E-state index in [1.807, 2.05) is 0 Å². The first-order chi connectivity index (χ1) is 8.50. The van der Waals surface area contributed by atoms with Crippen LogP contribution in [0.15, 0.2) is 18.2 Å². The lowest BCUT2D eigenvalue weighted by Crippen LogP contribution is -2.49. The van der Waals surface area contributed by atoms with Gasteiger partial charge in [-0.1, -0.05) is 17.7 Å². The molecule has 3 heteroatoms.